The van der Waals surface area contributed by atoms with Crippen LogP contribution in [0.25, 0.3) is 6.08 Å². The zero-order chi connectivity index (χ0) is 19.6. The number of aryl methyl sites for hydroxylation is 2. The maximum atomic E-state index is 13.2. The fourth-order valence-corrected chi connectivity index (χ4v) is 5.07. The van der Waals surface area contributed by atoms with E-state index in [0.717, 1.165) is 19.8 Å². The van der Waals surface area contributed by atoms with Crippen molar-refractivity contribution in [2.75, 3.05) is 0 Å². The van der Waals surface area contributed by atoms with Gasteiger partial charge < -0.3 is 0 Å². The molecule has 1 aromatic heterocycles. The van der Waals surface area contributed by atoms with Gasteiger partial charge in [-0.25, -0.2) is 8.42 Å². The van der Waals surface area contributed by atoms with E-state index in [-0.39, 0.29) is 9.80 Å². The normalized spacial score (nSPS) is 12.2. The summed E-state index contributed by atoms with van der Waals surface area (Å²) in [5, 5.41) is 0. The van der Waals surface area contributed by atoms with Crippen molar-refractivity contribution in [3.05, 3.63) is 90.9 Å². The Morgan fingerprint density at radius 2 is 1.56 bits per heavy atom. The molecular weight excluding hydrogens is 444 g/mol. The molecule has 0 amide bonds. The van der Waals surface area contributed by atoms with Crippen molar-refractivity contribution in [1.82, 2.24) is 0 Å². The summed E-state index contributed by atoms with van der Waals surface area (Å²) < 4.78 is 27.3. The zero-order valence-corrected chi connectivity index (χ0v) is 18.0. The summed E-state index contributed by atoms with van der Waals surface area (Å²) in [6, 6.07) is 16.9. The van der Waals surface area contributed by atoms with Crippen LogP contribution in [0.15, 0.2) is 74.9 Å². The van der Waals surface area contributed by atoms with Gasteiger partial charge in [0.25, 0.3) is 0 Å². The summed E-state index contributed by atoms with van der Waals surface area (Å²) >= 11 is 4.77. The van der Waals surface area contributed by atoms with Gasteiger partial charge in [-0.05, 0) is 68.5 Å². The van der Waals surface area contributed by atoms with E-state index < -0.39 is 15.6 Å². The third kappa shape index (κ3) is 4.46. The molecule has 0 aliphatic carbocycles. The lowest BCUT2D eigenvalue weighted by Crippen LogP contribution is -2.14. The van der Waals surface area contributed by atoms with E-state index in [0.29, 0.717) is 5.56 Å². The molecule has 6 heteroatoms. The molecule has 3 rings (SSSR count). The topological polar surface area (TPSA) is 51.2 Å². The van der Waals surface area contributed by atoms with Crippen LogP contribution < -0.4 is 0 Å². The minimum Gasteiger partial charge on any atom is -0.288 e. The van der Waals surface area contributed by atoms with E-state index in [9.17, 15) is 13.2 Å². The molecule has 0 fully saturated rings. The van der Waals surface area contributed by atoms with Crippen molar-refractivity contribution < 1.29 is 13.2 Å². The number of thiophene rings is 1. The van der Waals surface area contributed by atoms with Crippen LogP contribution in [0.2, 0.25) is 0 Å². The number of rotatable bonds is 5. The second kappa shape index (κ2) is 7.92. The van der Waals surface area contributed by atoms with Gasteiger partial charge in [-0.15, -0.1) is 11.3 Å². The minimum atomic E-state index is -3.96. The lowest BCUT2D eigenvalue weighted by Gasteiger charge is -2.09. The smallest absolute Gasteiger partial charge is 0.210 e. The molecular formula is C21H17BrO3S2. The van der Waals surface area contributed by atoms with Crippen molar-refractivity contribution >= 4 is 49.0 Å². The monoisotopic (exact) mass is 460 g/mol. The van der Waals surface area contributed by atoms with E-state index in [1.807, 2.05) is 26.0 Å². The summed E-state index contributed by atoms with van der Waals surface area (Å²) in [4.78, 5) is 14.8. The minimum absolute atomic E-state index is 0.109. The van der Waals surface area contributed by atoms with Crippen LogP contribution in [-0.2, 0) is 9.84 Å². The quantitative estimate of drug-likeness (QED) is 0.355. The fraction of sp³-hybridized carbons (Fsp3) is 0.0952. The van der Waals surface area contributed by atoms with Gasteiger partial charge in [0.05, 0.1) is 4.90 Å². The lowest BCUT2D eigenvalue weighted by molar-refractivity contribution is 0.104. The molecule has 0 bridgehead atoms. The van der Waals surface area contributed by atoms with Crippen molar-refractivity contribution in [3.63, 3.8) is 0 Å². The van der Waals surface area contributed by atoms with Gasteiger partial charge in [-0.1, -0.05) is 33.6 Å². The highest BCUT2D eigenvalue weighted by molar-refractivity contribution is 9.10. The molecule has 0 N–H and O–H groups in total. The lowest BCUT2D eigenvalue weighted by atomic mass is 10.1. The van der Waals surface area contributed by atoms with Gasteiger partial charge >= 0.3 is 0 Å². The average Bonchev–Trinajstić information content (AvgIpc) is 3.05. The van der Waals surface area contributed by atoms with Crippen LogP contribution in [-0.4, -0.2) is 14.2 Å². The first-order chi connectivity index (χ1) is 12.8. The second-order valence-corrected chi connectivity index (χ2v) is 10.3. The number of hydrogen-bond donors (Lipinski definition) is 0. The molecule has 0 unspecified atom stereocenters. The standard InChI is InChI=1S/C21H17BrO3S2/c1-14-3-11-19(12-4-14)27(24,25)20(13-18-10-5-15(2)26-18)21(23)16-6-8-17(22)9-7-16/h3-13H,1-2H3/b20-13+. The highest BCUT2D eigenvalue weighted by Gasteiger charge is 2.28. The fourth-order valence-electron chi connectivity index (χ4n) is 2.51. The Bertz CT molecular complexity index is 1110. The number of halogens is 1. The molecule has 0 saturated heterocycles. The van der Waals surface area contributed by atoms with Gasteiger partial charge in [0.1, 0.15) is 4.91 Å². The molecule has 2 aromatic carbocycles. The molecule has 0 atom stereocenters. The van der Waals surface area contributed by atoms with Gasteiger partial charge in [-0.3, -0.25) is 4.79 Å². The summed E-state index contributed by atoms with van der Waals surface area (Å²) in [6.07, 6.45) is 1.47. The van der Waals surface area contributed by atoms with E-state index in [1.165, 1.54) is 29.5 Å². The molecule has 1 heterocycles. The number of ketones is 1. The van der Waals surface area contributed by atoms with Gasteiger partial charge in [0.15, 0.2) is 0 Å². The van der Waals surface area contributed by atoms with Crippen molar-refractivity contribution in [1.29, 1.82) is 0 Å². The number of carbonyl (C=O) groups excluding carboxylic acids is 1. The Balaban J connectivity index is 2.15. The summed E-state index contributed by atoms with van der Waals surface area (Å²) in [5.41, 5.74) is 1.28. The predicted octanol–water partition coefficient (Wildman–Crippen LogP) is 5.83. The van der Waals surface area contributed by atoms with E-state index in [4.69, 9.17) is 0 Å². The van der Waals surface area contributed by atoms with Crippen LogP contribution in [0.5, 0.6) is 0 Å². The number of allylic oxidation sites excluding steroid dienone is 1. The van der Waals surface area contributed by atoms with Crippen LogP contribution in [0.4, 0.5) is 0 Å². The number of sulfone groups is 1. The second-order valence-electron chi connectivity index (χ2n) is 6.11. The third-order valence-electron chi connectivity index (χ3n) is 3.99. The first-order valence-electron chi connectivity index (χ1n) is 8.17. The Labute approximate surface area is 171 Å². The van der Waals surface area contributed by atoms with E-state index in [1.54, 1.807) is 36.4 Å². The largest absolute Gasteiger partial charge is 0.288 e. The highest BCUT2D eigenvalue weighted by Crippen LogP contribution is 2.28. The first kappa shape index (κ1) is 19.7. The van der Waals surface area contributed by atoms with Crippen LogP contribution in [0.3, 0.4) is 0 Å². The number of benzene rings is 2. The predicted molar refractivity (Wildman–Crippen MR) is 114 cm³/mol. The number of hydrogen-bond acceptors (Lipinski definition) is 4. The maximum Gasteiger partial charge on any atom is 0.210 e. The molecule has 0 spiro atoms. The zero-order valence-electron chi connectivity index (χ0n) is 14.8. The molecule has 3 nitrogen and oxygen atoms in total. The third-order valence-corrected chi connectivity index (χ3v) is 7.24. The average molecular weight is 461 g/mol. The Morgan fingerprint density at radius 1 is 0.926 bits per heavy atom. The summed E-state index contributed by atoms with van der Waals surface area (Å²) in [6.45, 7) is 3.82. The molecule has 0 saturated carbocycles. The van der Waals surface area contributed by atoms with Crippen molar-refractivity contribution in [2.24, 2.45) is 0 Å². The molecule has 0 radical (unpaired) electrons. The SMILES string of the molecule is Cc1ccc(S(=O)(=O)/C(=C/c2ccc(C)s2)C(=O)c2ccc(Br)cc2)cc1. The Morgan fingerprint density at radius 3 is 2.11 bits per heavy atom. The van der Waals surface area contributed by atoms with Gasteiger partial charge in [0.2, 0.25) is 15.6 Å². The van der Waals surface area contributed by atoms with Gasteiger partial charge in [0, 0.05) is 19.8 Å². The summed E-state index contributed by atoms with van der Waals surface area (Å²) in [7, 11) is -3.96. The van der Waals surface area contributed by atoms with Crippen molar-refractivity contribution in [3.8, 4) is 0 Å². The van der Waals surface area contributed by atoms with E-state index >= 15 is 0 Å². The van der Waals surface area contributed by atoms with Crippen LogP contribution in [0.1, 0.15) is 25.7 Å². The molecule has 138 valence electrons. The van der Waals surface area contributed by atoms with Crippen LogP contribution in [0, 0.1) is 13.8 Å². The van der Waals surface area contributed by atoms with E-state index in [2.05, 4.69) is 15.9 Å². The number of Topliss-reactive ketones (excluding diaryl/α,β-unsaturated/α-hetero) is 1. The molecule has 0 aliphatic rings. The Hall–Kier alpha value is -2.02. The maximum absolute atomic E-state index is 13.2. The summed E-state index contributed by atoms with van der Waals surface area (Å²) in [5.74, 6) is -0.519. The van der Waals surface area contributed by atoms with Crippen molar-refractivity contribution in [2.45, 2.75) is 18.7 Å². The van der Waals surface area contributed by atoms with Crippen LogP contribution >= 0.6 is 27.3 Å². The molecule has 3 aromatic rings. The molecule has 0 aliphatic heterocycles. The Kier molecular flexibility index (Phi) is 5.79. The molecule has 27 heavy (non-hydrogen) atoms. The first-order valence-corrected chi connectivity index (χ1v) is 11.3. The number of carbonyl (C=O) groups is 1. The van der Waals surface area contributed by atoms with Gasteiger partial charge in [-0.2, -0.15) is 0 Å². The highest BCUT2D eigenvalue weighted by atomic mass is 79.9.